The fourth-order valence-electron chi connectivity index (χ4n) is 2.18. The Labute approximate surface area is 138 Å². The highest BCUT2D eigenvalue weighted by molar-refractivity contribution is 7.92. The van der Waals surface area contributed by atoms with E-state index in [1.165, 1.54) is 12.1 Å². The van der Waals surface area contributed by atoms with E-state index in [0.29, 0.717) is 22.9 Å². The molecule has 2 heterocycles. The summed E-state index contributed by atoms with van der Waals surface area (Å²) in [6.07, 6.45) is 1.02. The van der Waals surface area contributed by atoms with Crippen molar-refractivity contribution in [1.82, 2.24) is 5.16 Å². The molecule has 128 valence electrons. The zero-order chi connectivity index (χ0) is 17.3. The number of fused-ring (bicyclic) bond motifs is 1. The quantitative estimate of drug-likeness (QED) is 0.857. The Morgan fingerprint density at radius 1 is 1.29 bits per heavy atom. The van der Waals surface area contributed by atoms with Gasteiger partial charge in [-0.05, 0) is 19.1 Å². The predicted octanol–water partition coefficient (Wildman–Crippen LogP) is 1.12. The monoisotopic (exact) mass is 353 g/mol. The van der Waals surface area contributed by atoms with Gasteiger partial charge in [-0.2, -0.15) is 0 Å². The van der Waals surface area contributed by atoms with Crippen LogP contribution in [0.1, 0.15) is 5.76 Å². The highest BCUT2D eigenvalue weighted by Crippen LogP contribution is 2.36. The van der Waals surface area contributed by atoms with Crippen LogP contribution in [0.2, 0.25) is 0 Å². The van der Waals surface area contributed by atoms with E-state index in [1.54, 1.807) is 19.1 Å². The van der Waals surface area contributed by atoms with Crippen molar-refractivity contribution in [2.75, 3.05) is 29.2 Å². The third-order valence-corrected chi connectivity index (χ3v) is 4.37. The molecule has 24 heavy (non-hydrogen) atoms. The summed E-state index contributed by atoms with van der Waals surface area (Å²) in [5.41, 5.74) is 0.299. The average molecular weight is 353 g/mol. The summed E-state index contributed by atoms with van der Waals surface area (Å²) in [5, 5.41) is 6.12. The van der Waals surface area contributed by atoms with Gasteiger partial charge in [0.05, 0.1) is 11.9 Å². The maximum atomic E-state index is 12.1. The van der Waals surface area contributed by atoms with E-state index in [4.69, 9.17) is 14.0 Å². The lowest BCUT2D eigenvalue weighted by molar-refractivity contribution is -0.114. The molecule has 1 amide bonds. The number of aromatic nitrogens is 1. The van der Waals surface area contributed by atoms with E-state index < -0.39 is 22.5 Å². The Balaban J connectivity index is 1.81. The Bertz CT molecular complexity index is 876. The van der Waals surface area contributed by atoms with Crippen LogP contribution in [0.5, 0.6) is 11.5 Å². The zero-order valence-electron chi connectivity index (χ0n) is 13.0. The van der Waals surface area contributed by atoms with Crippen LogP contribution in [-0.4, -0.2) is 39.1 Å². The summed E-state index contributed by atoms with van der Waals surface area (Å²) in [4.78, 5) is 12.1. The first kappa shape index (κ1) is 16.1. The number of rotatable bonds is 5. The lowest BCUT2D eigenvalue weighted by Gasteiger charge is -2.21. The molecule has 0 fully saturated rings. The summed E-state index contributed by atoms with van der Waals surface area (Å²) < 4.78 is 40.4. The van der Waals surface area contributed by atoms with Gasteiger partial charge in [-0.1, -0.05) is 5.16 Å². The molecule has 0 bridgehead atoms. The second kappa shape index (κ2) is 6.04. The first-order valence-electron chi connectivity index (χ1n) is 6.93. The summed E-state index contributed by atoms with van der Waals surface area (Å²) in [6.45, 7) is 1.34. The Morgan fingerprint density at radius 3 is 2.71 bits per heavy atom. The Hall–Kier alpha value is -2.75. The van der Waals surface area contributed by atoms with Crippen LogP contribution in [0.25, 0.3) is 0 Å². The molecule has 1 aromatic heterocycles. The van der Waals surface area contributed by atoms with Crippen molar-refractivity contribution < 1.29 is 27.2 Å². The second-order valence-electron chi connectivity index (χ2n) is 5.18. The number of nitrogens with zero attached hydrogens (tertiary/aromatic N) is 2. The van der Waals surface area contributed by atoms with Gasteiger partial charge in [-0.15, -0.1) is 0 Å². The van der Waals surface area contributed by atoms with Crippen molar-refractivity contribution in [3.8, 4) is 11.5 Å². The molecule has 1 N–H and O–H groups in total. The van der Waals surface area contributed by atoms with Crippen LogP contribution in [0.3, 0.4) is 0 Å². The Kier molecular flexibility index (Phi) is 4.06. The summed E-state index contributed by atoms with van der Waals surface area (Å²) in [7, 11) is -3.69. The van der Waals surface area contributed by atoms with Crippen LogP contribution in [0.15, 0.2) is 28.8 Å². The molecule has 10 heteroatoms. The number of anilines is 2. The largest absolute Gasteiger partial charge is 0.454 e. The molecule has 2 aromatic rings. The molecule has 3 rings (SSSR count). The molecular formula is C14H15N3O6S. The van der Waals surface area contributed by atoms with Gasteiger partial charge in [0.15, 0.2) is 17.3 Å². The number of ether oxygens (including phenoxy) is 2. The molecule has 0 atom stereocenters. The summed E-state index contributed by atoms with van der Waals surface area (Å²) in [6, 6.07) is 6.18. The molecule has 9 nitrogen and oxygen atoms in total. The number of hydrogen-bond donors (Lipinski definition) is 1. The number of nitrogens with one attached hydrogen (secondary N) is 1. The van der Waals surface area contributed by atoms with Crippen LogP contribution in [0.4, 0.5) is 11.5 Å². The number of benzene rings is 1. The number of amides is 1. The van der Waals surface area contributed by atoms with E-state index in [-0.39, 0.29) is 12.6 Å². The summed E-state index contributed by atoms with van der Waals surface area (Å²) in [5.74, 6) is 1.15. The highest BCUT2D eigenvalue weighted by Gasteiger charge is 2.24. The topological polar surface area (TPSA) is 111 Å². The summed E-state index contributed by atoms with van der Waals surface area (Å²) >= 11 is 0. The van der Waals surface area contributed by atoms with E-state index in [1.807, 2.05) is 0 Å². The first-order chi connectivity index (χ1) is 11.3. The second-order valence-corrected chi connectivity index (χ2v) is 7.08. The average Bonchev–Trinajstić information content (AvgIpc) is 3.11. The molecule has 0 spiro atoms. The van der Waals surface area contributed by atoms with E-state index >= 15 is 0 Å². The fourth-order valence-corrected chi connectivity index (χ4v) is 3.03. The van der Waals surface area contributed by atoms with Gasteiger partial charge < -0.3 is 19.3 Å². The minimum Gasteiger partial charge on any atom is -0.454 e. The van der Waals surface area contributed by atoms with E-state index in [0.717, 1.165) is 10.6 Å². The van der Waals surface area contributed by atoms with Crippen molar-refractivity contribution in [2.45, 2.75) is 6.92 Å². The lowest BCUT2D eigenvalue weighted by atomic mass is 10.3. The number of carbonyl (C=O) groups excluding carboxylic acids is 1. The maximum Gasteiger partial charge on any atom is 0.246 e. The van der Waals surface area contributed by atoms with Crippen molar-refractivity contribution in [3.05, 3.63) is 30.0 Å². The smallest absolute Gasteiger partial charge is 0.246 e. The van der Waals surface area contributed by atoms with Crippen LogP contribution in [0, 0.1) is 6.92 Å². The number of sulfonamides is 1. The predicted molar refractivity (Wildman–Crippen MR) is 84.6 cm³/mol. The molecule has 0 saturated heterocycles. The third-order valence-electron chi connectivity index (χ3n) is 3.23. The SMILES string of the molecule is Cc1cc(NC(=O)CN(c2ccc3c(c2)OCO3)S(C)(=O)=O)no1. The molecule has 0 aliphatic carbocycles. The molecule has 0 radical (unpaired) electrons. The first-order valence-corrected chi connectivity index (χ1v) is 8.78. The third kappa shape index (κ3) is 3.43. The standard InChI is InChI=1S/C14H15N3O6S/c1-9-5-13(16-23-9)15-14(18)7-17(24(2,19)20)10-3-4-11-12(6-10)22-8-21-11/h3-6H,7-8H2,1-2H3,(H,15,16,18). The number of carbonyl (C=O) groups is 1. The van der Waals surface area contributed by atoms with Crippen molar-refractivity contribution >= 4 is 27.4 Å². The number of aryl methyl sites for hydroxylation is 1. The molecular weight excluding hydrogens is 338 g/mol. The Morgan fingerprint density at radius 2 is 2.04 bits per heavy atom. The van der Waals surface area contributed by atoms with Crippen LogP contribution in [-0.2, 0) is 14.8 Å². The van der Waals surface area contributed by atoms with Gasteiger partial charge in [0, 0.05) is 12.1 Å². The van der Waals surface area contributed by atoms with Crippen LogP contribution >= 0.6 is 0 Å². The van der Waals surface area contributed by atoms with Gasteiger partial charge in [-0.25, -0.2) is 8.42 Å². The van der Waals surface area contributed by atoms with Gasteiger partial charge in [0.25, 0.3) is 0 Å². The van der Waals surface area contributed by atoms with Crippen molar-refractivity contribution in [2.24, 2.45) is 0 Å². The van der Waals surface area contributed by atoms with E-state index in [9.17, 15) is 13.2 Å². The molecule has 0 saturated carbocycles. The normalized spacial score (nSPS) is 12.9. The van der Waals surface area contributed by atoms with Crippen molar-refractivity contribution in [1.29, 1.82) is 0 Å². The molecule has 1 aliphatic heterocycles. The zero-order valence-corrected chi connectivity index (χ0v) is 13.8. The number of hydrogen-bond acceptors (Lipinski definition) is 7. The van der Waals surface area contributed by atoms with Crippen LogP contribution < -0.4 is 19.1 Å². The lowest BCUT2D eigenvalue weighted by Crippen LogP contribution is -2.37. The van der Waals surface area contributed by atoms with Gasteiger partial charge in [0.2, 0.25) is 22.7 Å². The van der Waals surface area contributed by atoms with Gasteiger partial charge >= 0.3 is 0 Å². The fraction of sp³-hybridized carbons (Fsp3) is 0.286. The van der Waals surface area contributed by atoms with Gasteiger partial charge in [-0.3, -0.25) is 9.10 Å². The highest BCUT2D eigenvalue weighted by atomic mass is 32.2. The maximum absolute atomic E-state index is 12.1. The minimum absolute atomic E-state index is 0.0731. The van der Waals surface area contributed by atoms with Gasteiger partial charge in [0.1, 0.15) is 12.3 Å². The van der Waals surface area contributed by atoms with E-state index in [2.05, 4.69) is 10.5 Å². The molecule has 1 aromatic carbocycles. The minimum atomic E-state index is -3.69. The van der Waals surface area contributed by atoms with Crippen molar-refractivity contribution in [3.63, 3.8) is 0 Å². The molecule has 0 unspecified atom stereocenters. The molecule has 1 aliphatic rings.